The van der Waals surface area contributed by atoms with Crippen LogP contribution in [-0.2, 0) is 9.53 Å². The summed E-state index contributed by atoms with van der Waals surface area (Å²) in [7, 11) is 0. The zero-order valence-corrected chi connectivity index (χ0v) is 13.3. The molecule has 0 aliphatic heterocycles. The summed E-state index contributed by atoms with van der Waals surface area (Å²) in [6.07, 6.45) is 4.73. The molecule has 1 fully saturated rings. The largest absolute Gasteiger partial charge is 0.389 e. The molecule has 1 aromatic rings. The Morgan fingerprint density at radius 3 is 2.64 bits per heavy atom. The third-order valence-corrected chi connectivity index (χ3v) is 4.30. The molecule has 0 bridgehead atoms. The van der Waals surface area contributed by atoms with E-state index >= 15 is 0 Å². The first-order valence-electron chi connectivity index (χ1n) is 8.29. The fraction of sp³-hybridized carbons (Fsp3) is 0.611. The van der Waals surface area contributed by atoms with Crippen molar-refractivity contribution in [3.8, 4) is 0 Å². The third kappa shape index (κ3) is 5.43. The molecule has 0 saturated heterocycles. The lowest BCUT2D eigenvalue weighted by Crippen LogP contribution is -2.38. The molecule has 0 spiro atoms. The van der Waals surface area contributed by atoms with Crippen molar-refractivity contribution in [3.63, 3.8) is 0 Å². The van der Waals surface area contributed by atoms with E-state index in [1.807, 2.05) is 37.3 Å². The van der Waals surface area contributed by atoms with Gasteiger partial charge in [-0.2, -0.15) is 0 Å². The molecule has 0 unspecified atom stereocenters. The molecule has 0 heterocycles. The number of aliphatic hydroxyl groups excluding tert-OH is 1. The van der Waals surface area contributed by atoms with E-state index in [9.17, 15) is 9.90 Å². The van der Waals surface area contributed by atoms with Gasteiger partial charge in [-0.25, -0.2) is 0 Å². The van der Waals surface area contributed by atoms with E-state index in [1.54, 1.807) is 0 Å². The van der Waals surface area contributed by atoms with Crippen LogP contribution in [0.4, 0.5) is 0 Å². The molecule has 1 amide bonds. The molecule has 1 aliphatic carbocycles. The van der Waals surface area contributed by atoms with Crippen LogP contribution in [-0.4, -0.2) is 30.3 Å². The Labute approximate surface area is 132 Å². The number of rotatable bonds is 7. The monoisotopic (exact) mass is 305 g/mol. The van der Waals surface area contributed by atoms with E-state index in [0.29, 0.717) is 0 Å². The Morgan fingerprint density at radius 1 is 1.27 bits per heavy atom. The lowest BCUT2D eigenvalue weighted by atomic mass is 9.89. The maximum atomic E-state index is 12.0. The number of nitrogens with one attached hydrogen (secondary N) is 1. The fourth-order valence-electron chi connectivity index (χ4n) is 2.86. The summed E-state index contributed by atoms with van der Waals surface area (Å²) in [5.74, 6) is 0.208. The Hall–Kier alpha value is -1.39. The Kier molecular flexibility index (Phi) is 6.87. The maximum Gasteiger partial charge on any atom is 0.223 e. The van der Waals surface area contributed by atoms with Gasteiger partial charge in [0.2, 0.25) is 5.91 Å². The molecule has 1 aliphatic rings. The van der Waals surface area contributed by atoms with Gasteiger partial charge < -0.3 is 15.2 Å². The lowest BCUT2D eigenvalue weighted by molar-refractivity contribution is -0.126. The quantitative estimate of drug-likeness (QED) is 0.814. The molecular formula is C18H27NO3. The second kappa shape index (κ2) is 8.91. The van der Waals surface area contributed by atoms with E-state index in [1.165, 1.54) is 6.42 Å². The number of carbonyl (C=O) groups excluding carboxylic acids is 1. The summed E-state index contributed by atoms with van der Waals surface area (Å²) in [6.45, 7) is 2.44. The summed E-state index contributed by atoms with van der Waals surface area (Å²) in [5.41, 5.74) is 1.08. The molecule has 1 aromatic carbocycles. The molecule has 0 aromatic heterocycles. The van der Waals surface area contributed by atoms with E-state index in [-0.39, 0.29) is 31.1 Å². The molecular weight excluding hydrogens is 278 g/mol. The number of aliphatic hydroxyl groups is 1. The van der Waals surface area contributed by atoms with Crippen molar-refractivity contribution in [2.45, 2.75) is 51.2 Å². The smallest absolute Gasteiger partial charge is 0.223 e. The highest BCUT2D eigenvalue weighted by molar-refractivity contribution is 5.78. The Bertz CT molecular complexity index is 443. The van der Waals surface area contributed by atoms with Crippen LogP contribution in [0.2, 0.25) is 0 Å². The summed E-state index contributed by atoms with van der Waals surface area (Å²) < 4.78 is 5.67. The van der Waals surface area contributed by atoms with Crippen LogP contribution in [0.3, 0.4) is 0 Å². The summed E-state index contributed by atoms with van der Waals surface area (Å²) in [6, 6.07) is 9.90. The zero-order valence-electron chi connectivity index (χ0n) is 13.3. The number of amides is 1. The average Bonchev–Trinajstić information content (AvgIpc) is 2.59. The van der Waals surface area contributed by atoms with Gasteiger partial charge in [-0.3, -0.25) is 4.79 Å². The van der Waals surface area contributed by atoms with Crippen molar-refractivity contribution >= 4 is 5.91 Å². The average molecular weight is 305 g/mol. The Morgan fingerprint density at radius 2 is 1.95 bits per heavy atom. The van der Waals surface area contributed by atoms with Crippen LogP contribution in [0.5, 0.6) is 0 Å². The first kappa shape index (κ1) is 17.0. The number of benzene rings is 1. The van der Waals surface area contributed by atoms with Crippen molar-refractivity contribution in [3.05, 3.63) is 35.9 Å². The van der Waals surface area contributed by atoms with Crippen molar-refractivity contribution in [2.24, 2.45) is 5.92 Å². The molecule has 1 saturated carbocycles. The van der Waals surface area contributed by atoms with E-state index < -0.39 is 6.10 Å². The van der Waals surface area contributed by atoms with Crippen LogP contribution in [0, 0.1) is 5.92 Å². The summed E-state index contributed by atoms with van der Waals surface area (Å²) >= 11 is 0. The van der Waals surface area contributed by atoms with Crippen LogP contribution in [0.1, 0.15) is 50.7 Å². The number of ether oxygens (including phenoxy) is 1. The number of carbonyl (C=O) groups is 1. The van der Waals surface area contributed by atoms with Gasteiger partial charge in [0, 0.05) is 12.5 Å². The highest BCUT2D eigenvalue weighted by atomic mass is 16.5. The molecule has 2 N–H and O–H groups in total. The second-order valence-corrected chi connectivity index (χ2v) is 6.12. The van der Waals surface area contributed by atoms with E-state index in [2.05, 4.69) is 5.32 Å². The van der Waals surface area contributed by atoms with Gasteiger partial charge in [-0.05, 0) is 25.3 Å². The second-order valence-electron chi connectivity index (χ2n) is 6.12. The van der Waals surface area contributed by atoms with Gasteiger partial charge in [0.25, 0.3) is 0 Å². The first-order valence-corrected chi connectivity index (χ1v) is 8.29. The predicted octanol–water partition coefficient (Wildman–Crippen LogP) is 2.82. The minimum Gasteiger partial charge on any atom is -0.389 e. The highest BCUT2D eigenvalue weighted by Gasteiger charge is 2.21. The third-order valence-electron chi connectivity index (χ3n) is 4.30. The SMILES string of the molecule is C[C@H](OC[C@@H](O)CNC(=O)C1CCCCC1)c1ccccc1. The molecule has 2 atom stereocenters. The molecule has 122 valence electrons. The lowest BCUT2D eigenvalue weighted by Gasteiger charge is -2.22. The highest BCUT2D eigenvalue weighted by Crippen LogP contribution is 2.23. The van der Waals surface area contributed by atoms with E-state index in [4.69, 9.17) is 4.74 Å². The van der Waals surface area contributed by atoms with Crippen molar-refractivity contribution in [1.82, 2.24) is 5.32 Å². The minimum atomic E-state index is -0.668. The Balaban J connectivity index is 1.65. The maximum absolute atomic E-state index is 12.0. The topological polar surface area (TPSA) is 58.6 Å². The van der Waals surface area contributed by atoms with Crippen LogP contribution in [0.15, 0.2) is 30.3 Å². The molecule has 22 heavy (non-hydrogen) atoms. The normalized spacial score (nSPS) is 18.6. The van der Waals surface area contributed by atoms with Gasteiger partial charge >= 0.3 is 0 Å². The fourth-order valence-corrected chi connectivity index (χ4v) is 2.86. The van der Waals surface area contributed by atoms with Crippen LogP contribution < -0.4 is 5.32 Å². The predicted molar refractivity (Wildman–Crippen MR) is 86.4 cm³/mol. The summed E-state index contributed by atoms with van der Waals surface area (Å²) in [5, 5.41) is 12.8. The first-order chi connectivity index (χ1) is 10.7. The molecule has 2 rings (SSSR count). The van der Waals surface area contributed by atoms with Gasteiger partial charge in [-0.15, -0.1) is 0 Å². The molecule has 4 heteroatoms. The van der Waals surface area contributed by atoms with Crippen molar-refractivity contribution < 1.29 is 14.6 Å². The van der Waals surface area contributed by atoms with Crippen molar-refractivity contribution in [1.29, 1.82) is 0 Å². The number of hydrogen-bond donors (Lipinski definition) is 2. The van der Waals surface area contributed by atoms with Crippen LogP contribution in [0.25, 0.3) is 0 Å². The molecule has 4 nitrogen and oxygen atoms in total. The van der Waals surface area contributed by atoms with Gasteiger partial charge in [0.05, 0.1) is 18.8 Å². The minimum absolute atomic E-state index is 0.0649. The molecule has 0 radical (unpaired) electrons. The number of hydrogen-bond acceptors (Lipinski definition) is 3. The van der Waals surface area contributed by atoms with Gasteiger partial charge in [0.15, 0.2) is 0 Å². The summed E-state index contributed by atoms with van der Waals surface area (Å²) in [4.78, 5) is 12.0. The van der Waals surface area contributed by atoms with Crippen molar-refractivity contribution in [2.75, 3.05) is 13.2 Å². The van der Waals surface area contributed by atoms with Gasteiger partial charge in [-0.1, -0.05) is 49.6 Å². The van der Waals surface area contributed by atoms with E-state index in [0.717, 1.165) is 31.2 Å². The van der Waals surface area contributed by atoms with Crippen LogP contribution >= 0.6 is 0 Å². The standard InChI is InChI=1S/C18H27NO3/c1-14(15-8-4-2-5-9-15)22-13-17(20)12-19-18(21)16-10-6-3-7-11-16/h2,4-5,8-9,14,16-17,20H,3,6-7,10-13H2,1H3,(H,19,21)/t14-,17-/m0/s1. The van der Waals surface area contributed by atoms with Gasteiger partial charge in [0.1, 0.15) is 0 Å². The zero-order chi connectivity index (χ0) is 15.8.